The Morgan fingerprint density at radius 3 is 3.33 bits per heavy atom. The molecule has 0 atom stereocenters. The molecule has 2 heterocycles. The first-order valence-corrected chi connectivity index (χ1v) is 3.61. The highest BCUT2D eigenvalue weighted by molar-refractivity contribution is 5.45. The van der Waals surface area contributed by atoms with Crippen LogP contribution in [-0.2, 0) is 6.54 Å². The number of hydrogen-bond acceptors (Lipinski definition) is 5. The largest absolute Gasteiger partial charge is 0.357 e. The molecular formula is C7H7N5. The van der Waals surface area contributed by atoms with Crippen molar-refractivity contribution in [2.24, 2.45) is 0 Å². The van der Waals surface area contributed by atoms with Crippen LogP contribution in [0.1, 0.15) is 11.4 Å². The summed E-state index contributed by atoms with van der Waals surface area (Å²) < 4.78 is 0. The topological polar surface area (TPSA) is 73.6 Å². The van der Waals surface area contributed by atoms with Crippen molar-refractivity contribution in [2.75, 3.05) is 12.0 Å². The maximum atomic E-state index is 8.52. The fraction of sp³-hybridized carbons (Fsp3) is 0.286. The van der Waals surface area contributed by atoms with Crippen molar-refractivity contribution >= 4 is 5.82 Å². The van der Waals surface area contributed by atoms with Crippen LogP contribution in [0.15, 0.2) is 6.20 Å². The predicted molar refractivity (Wildman–Crippen MR) is 42.1 cm³/mol. The summed E-state index contributed by atoms with van der Waals surface area (Å²) in [6.45, 7) is 1.45. The van der Waals surface area contributed by atoms with E-state index in [4.69, 9.17) is 5.26 Å². The Morgan fingerprint density at radius 1 is 1.58 bits per heavy atom. The molecule has 5 nitrogen and oxygen atoms in total. The van der Waals surface area contributed by atoms with Crippen molar-refractivity contribution < 1.29 is 0 Å². The fourth-order valence-corrected chi connectivity index (χ4v) is 1.09. The summed E-state index contributed by atoms with van der Waals surface area (Å²) >= 11 is 0. The van der Waals surface area contributed by atoms with E-state index in [9.17, 15) is 0 Å². The highest BCUT2D eigenvalue weighted by Crippen LogP contribution is 2.13. The summed E-state index contributed by atoms with van der Waals surface area (Å²) in [7, 11) is 0. The van der Waals surface area contributed by atoms with Crippen molar-refractivity contribution in [3.63, 3.8) is 0 Å². The van der Waals surface area contributed by atoms with Crippen molar-refractivity contribution in [1.82, 2.24) is 15.3 Å². The maximum Gasteiger partial charge on any atom is 0.234 e. The van der Waals surface area contributed by atoms with Gasteiger partial charge < -0.3 is 5.32 Å². The van der Waals surface area contributed by atoms with Gasteiger partial charge in [0.1, 0.15) is 11.9 Å². The van der Waals surface area contributed by atoms with Crippen LogP contribution in [0.4, 0.5) is 5.82 Å². The van der Waals surface area contributed by atoms with Crippen LogP contribution in [0.25, 0.3) is 0 Å². The first kappa shape index (κ1) is 7.00. The molecule has 2 N–H and O–H groups in total. The highest BCUT2D eigenvalue weighted by Gasteiger charge is 2.09. The SMILES string of the molecule is N#Cc1ncc2c(n1)NCNC2. The van der Waals surface area contributed by atoms with Gasteiger partial charge >= 0.3 is 0 Å². The number of nitriles is 1. The van der Waals surface area contributed by atoms with Crippen molar-refractivity contribution in [1.29, 1.82) is 5.26 Å². The minimum Gasteiger partial charge on any atom is -0.357 e. The average molecular weight is 161 g/mol. The minimum atomic E-state index is 0.211. The third-order valence-corrected chi connectivity index (χ3v) is 1.66. The smallest absolute Gasteiger partial charge is 0.234 e. The van der Waals surface area contributed by atoms with E-state index < -0.39 is 0 Å². The monoisotopic (exact) mass is 161 g/mol. The van der Waals surface area contributed by atoms with Gasteiger partial charge in [-0.25, -0.2) is 9.97 Å². The third-order valence-electron chi connectivity index (χ3n) is 1.66. The maximum absolute atomic E-state index is 8.52. The molecule has 1 aliphatic heterocycles. The molecule has 2 rings (SSSR count). The molecule has 0 saturated heterocycles. The molecular weight excluding hydrogens is 154 g/mol. The summed E-state index contributed by atoms with van der Waals surface area (Å²) in [5, 5.41) is 14.6. The quantitative estimate of drug-likeness (QED) is 0.552. The zero-order chi connectivity index (χ0) is 8.39. The number of aromatic nitrogens is 2. The van der Waals surface area contributed by atoms with Crippen LogP contribution in [0, 0.1) is 11.3 Å². The van der Waals surface area contributed by atoms with Gasteiger partial charge in [0.15, 0.2) is 0 Å². The summed E-state index contributed by atoms with van der Waals surface area (Å²) in [6, 6.07) is 1.89. The first-order valence-electron chi connectivity index (χ1n) is 3.61. The van der Waals surface area contributed by atoms with Crippen molar-refractivity contribution in [3.8, 4) is 6.07 Å². The van der Waals surface area contributed by atoms with E-state index in [1.807, 2.05) is 6.07 Å². The average Bonchev–Trinajstić information content (AvgIpc) is 2.17. The predicted octanol–water partition coefficient (Wildman–Crippen LogP) is -0.179. The Labute approximate surface area is 69.5 Å². The molecule has 0 radical (unpaired) electrons. The zero-order valence-electron chi connectivity index (χ0n) is 6.33. The van der Waals surface area contributed by atoms with Gasteiger partial charge in [0.05, 0.1) is 6.67 Å². The second-order valence-corrected chi connectivity index (χ2v) is 2.46. The number of rotatable bonds is 0. The molecule has 12 heavy (non-hydrogen) atoms. The molecule has 60 valence electrons. The second kappa shape index (κ2) is 2.75. The van der Waals surface area contributed by atoms with Gasteiger partial charge in [-0.1, -0.05) is 0 Å². The van der Waals surface area contributed by atoms with Crippen molar-refractivity contribution in [2.45, 2.75) is 6.54 Å². The van der Waals surface area contributed by atoms with Gasteiger partial charge in [0, 0.05) is 18.3 Å². The van der Waals surface area contributed by atoms with Crippen LogP contribution in [-0.4, -0.2) is 16.6 Å². The summed E-state index contributed by atoms with van der Waals surface area (Å²) in [5.41, 5.74) is 1.00. The summed E-state index contributed by atoms with van der Waals surface area (Å²) in [4.78, 5) is 7.87. The van der Waals surface area contributed by atoms with E-state index in [0.29, 0.717) is 6.67 Å². The Kier molecular flexibility index (Phi) is 1.61. The van der Waals surface area contributed by atoms with Gasteiger partial charge in [-0.15, -0.1) is 0 Å². The number of hydrogen-bond donors (Lipinski definition) is 2. The van der Waals surface area contributed by atoms with Gasteiger partial charge in [-0.05, 0) is 0 Å². The number of nitrogens with zero attached hydrogens (tertiary/aromatic N) is 3. The van der Waals surface area contributed by atoms with E-state index in [0.717, 1.165) is 17.9 Å². The number of anilines is 1. The molecule has 0 unspecified atom stereocenters. The molecule has 1 aromatic heterocycles. The van der Waals surface area contributed by atoms with Crippen LogP contribution in [0.3, 0.4) is 0 Å². The van der Waals surface area contributed by atoms with E-state index >= 15 is 0 Å². The minimum absolute atomic E-state index is 0.211. The van der Waals surface area contributed by atoms with Crippen LogP contribution >= 0.6 is 0 Å². The highest BCUT2D eigenvalue weighted by atomic mass is 15.1. The van der Waals surface area contributed by atoms with Crippen LogP contribution in [0.2, 0.25) is 0 Å². The lowest BCUT2D eigenvalue weighted by atomic mass is 10.3. The Morgan fingerprint density at radius 2 is 2.50 bits per heavy atom. The van der Waals surface area contributed by atoms with Crippen LogP contribution < -0.4 is 10.6 Å². The molecule has 0 saturated carbocycles. The molecule has 1 aromatic rings. The summed E-state index contributed by atoms with van der Waals surface area (Å²) in [6.07, 6.45) is 1.67. The van der Waals surface area contributed by atoms with Gasteiger partial charge in [-0.2, -0.15) is 5.26 Å². The molecule has 0 fully saturated rings. The van der Waals surface area contributed by atoms with E-state index in [1.165, 1.54) is 0 Å². The number of fused-ring (bicyclic) bond motifs is 1. The molecule has 0 amide bonds. The van der Waals surface area contributed by atoms with Gasteiger partial charge in [0.2, 0.25) is 5.82 Å². The van der Waals surface area contributed by atoms with Crippen LogP contribution in [0.5, 0.6) is 0 Å². The molecule has 0 spiro atoms. The second-order valence-electron chi connectivity index (χ2n) is 2.46. The van der Waals surface area contributed by atoms with Gasteiger partial charge in [-0.3, -0.25) is 5.32 Å². The third kappa shape index (κ3) is 1.08. The molecule has 0 bridgehead atoms. The summed E-state index contributed by atoms with van der Waals surface area (Å²) in [5.74, 6) is 0.975. The van der Waals surface area contributed by atoms with Gasteiger partial charge in [0.25, 0.3) is 0 Å². The Bertz CT molecular complexity index is 340. The molecule has 0 aliphatic carbocycles. The number of nitrogens with one attached hydrogen (secondary N) is 2. The normalized spacial score (nSPS) is 14.2. The lowest BCUT2D eigenvalue weighted by Crippen LogP contribution is -2.28. The molecule has 5 heteroatoms. The van der Waals surface area contributed by atoms with Crippen molar-refractivity contribution in [3.05, 3.63) is 17.6 Å². The standard InChI is InChI=1S/C7H7N5/c8-1-6-10-3-5-2-9-4-11-7(5)12-6/h3,9H,2,4H2,(H,10,11,12). The van der Waals surface area contributed by atoms with E-state index in [1.54, 1.807) is 6.20 Å². The molecule has 1 aliphatic rings. The fourth-order valence-electron chi connectivity index (χ4n) is 1.09. The van der Waals surface area contributed by atoms with E-state index in [-0.39, 0.29) is 5.82 Å². The van der Waals surface area contributed by atoms with E-state index in [2.05, 4.69) is 20.6 Å². The zero-order valence-corrected chi connectivity index (χ0v) is 6.33. The first-order chi connectivity index (χ1) is 5.90. The molecule has 0 aromatic carbocycles. The Balaban J connectivity index is 2.44. The lowest BCUT2D eigenvalue weighted by molar-refractivity contribution is 0.696. The Hall–Kier alpha value is -1.67. The lowest BCUT2D eigenvalue weighted by Gasteiger charge is -2.16.